The van der Waals surface area contributed by atoms with Gasteiger partial charge in [0, 0.05) is 24.7 Å². The molecule has 2 rings (SSSR count). The van der Waals surface area contributed by atoms with Gasteiger partial charge in [-0.25, -0.2) is 0 Å². The zero-order chi connectivity index (χ0) is 11.7. The second kappa shape index (κ2) is 4.14. The van der Waals surface area contributed by atoms with Gasteiger partial charge >= 0.3 is 0 Å². The molecule has 1 fully saturated rings. The number of anilines is 1. The van der Waals surface area contributed by atoms with Crippen molar-refractivity contribution in [3.05, 3.63) is 23.8 Å². The van der Waals surface area contributed by atoms with Crippen LogP contribution in [-0.2, 0) is 4.79 Å². The summed E-state index contributed by atoms with van der Waals surface area (Å²) in [6.07, 6.45) is 0.436. The van der Waals surface area contributed by atoms with Crippen LogP contribution in [0.2, 0.25) is 0 Å². The summed E-state index contributed by atoms with van der Waals surface area (Å²) in [5.74, 6) is 0.901. The maximum Gasteiger partial charge on any atom is 0.228 e. The summed E-state index contributed by atoms with van der Waals surface area (Å²) >= 11 is 0. The molecular formula is C12H16N2O2. The molecule has 0 saturated carbocycles. The van der Waals surface area contributed by atoms with Crippen LogP contribution in [0.15, 0.2) is 18.2 Å². The predicted octanol–water partition coefficient (Wildman–Crippen LogP) is 1.07. The second-order valence-corrected chi connectivity index (χ2v) is 4.12. The fraction of sp³-hybridized carbons (Fsp3) is 0.417. The van der Waals surface area contributed by atoms with Gasteiger partial charge in [-0.3, -0.25) is 4.79 Å². The highest BCUT2D eigenvalue weighted by Gasteiger charge is 2.28. The van der Waals surface area contributed by atoms with E-state index in [4.69, 9.17) is 10.5 Å². The first kappa shape index (κ1) is 11.0. The van der Waals surface area contributed by atoms with Gasteiger partial charge < -0.3 is 15.4 Å². The number of benzene rings is 1. The van der Waals surface area contributed by atoms with Gasteiger partial charge in [-0.15, -0.1) is 0 Å². The molecule has 0 bridgehead atoms. The lowest BCUT2D eigenvalue weighted by molar-refractivity contribution is -0.117. The number of nitrogens with zero attached hydrogens (tertiary/aromatic N) is 1. The molecule has 0 radical (unpaired) electrons. The van der Waals surface area contributed by atoms with Crippen LogP contribution in [0, 0.1) is 6.92 Å². The highest BCUT2D eigenvalue weighted by Crippen LogP contribution is 2.27. The number of amides is 1. The van der Waals surface area contributed by atoms with Gasteiger partial charge in [0.1, 0.15) is 5.75 Å². The van der Waals surface area contributed by atoms with Gasteiger partial charge in [-0.1, -0.05) is 0 Å². The lowest BCUT2D eigenvalue weighted by atomic mass is 10.1. The van der Waals surface area contributed by atoms with E-state index in [2.05, 4.69) is 0 Å². The van der Waals surface area contributed by atoms with Crippen molar-refractivity contribution in [3.63, 3.8) is 0 Å². The van der Waals surface area contributed by atoms with Crippen molar-refractivity contribution in [1.29, 1.82) is 0 Å². The van der Waals surface area contributed by atoms with Crippen LogP contribution in [-0.4, -0.2) is 25.6 Å². The molecule has 4 nitrogen and oxygen atoms in total. The smallest absolute Gasteiger partial charge is 0.228 e. The van der Waals surface area contributed by atoms with Gasteiger partial charge in [0.05, 0.1) is 7.11 Å². The van der Waals surface area contributed by atoms with Crippen molar-refractivity contribution < 1.29 is 9.53 Å². The minimum Gasteiger partial charge on any atom is -0.497 e. The van der Waals surface area contributed by atoms with Crippen LogP contribution in [0.3, 0.4) is 0 Å². The van der Waals surface area contributed by atoms with Crippen molar-refractivity contribution in [2.75, 3.05) is 18.6 Å². The summed E-state index contributed by atoms with van der Waals surface area (Å²) in [5.41, 5.74) is 7.73. The standard InChI is InChI=1S/C12H16N2O2/c1-8-5-10(16-2)3-4-11(8)14-7-9(13)6-12(14)15/h3-5,9H,6-7,13H2,1-2H3. The molecule has 86 valence electrons. The molecule has 2 N–H and O–H groups in total. The molecule has 1 atom stereocenters. The van der Waals surface area contributed by atoms with Crippen molar-refractivity contribution in [2.45, 2.75) is 19.4 Å². The molecule has 0 aromatic heterocycles. The van der Waals surface area contributed by atoms with Crippen molar-refractivity contribution in [2.24, 2.45) is 5.73 Å². The molecule has 1 aromatic carbocycles. The summed E-state index contributed by atoms with van der Waals surface area (Å²) in [6, 6.07) is 5.64. The average molecular weight is 220 g/mol. The first-order valence-corrected chi connectivity index (χ1v) is 5.32. The van der Waals surface area contributed by atoms with Crippen LogP contribution in [0.5, 0.6) is 5.75 Å². The van der Waals surface area contributed by atoms with E-state index < -0.39 is 0 Å². The van der Waals surface area contributed by atoms with Crippen molar-refractivity contribution >= 4 is 11.6 Å². The molecule has 1 amide bonds. The third kappa shape index (κ3) is 1.88. The number of nitrogens with two attached hydrogens (primary N) is 1. The summed E-state index contributed by atoms with van der Waals surface area (Å²) in [6.45, 7) is 2.57. The number of carbonyl (C=O) groups is 1. The third-order valence-electron chi connectivity index (χ3n) is 2.85. The number of ether oxygens (including phenoxy) is 1. The minimum atomic E-state index is -0.0472. The average Bonchev–Trinajstić information content (AvgIpc) is 2.57. The van der Waals surface area contributed by atoms with Crippen molar-refractivity contribution in [1.82, 2.24) is 0 Å². The van der Waals surface area contributed by atoms with Gasteiger partial charge in [0.15, 0.2) is 0 Å². The molecule has 0 aliphatic carbocycles. The summed E-state index contributed by atoms with van der Waals surface area (Å²) in [7, 11) is 1.63. The molecule has 4 heteroatoms. The van der Waals surface area contributed by atoms with Gasteiger partial charge in [0.25, 0.3) is 0 Å². The first-order chi connectivity index (χ1) is 7.61. The van der Waals surface area contributed by atoms with Crippen LogP contribution < -0.4 is 15.4 Å². The number of hydrogen-bond donors (Lipinski definition) is 1. The molecule has 1 heterocycles. The molecule has 16 heavy (non-hydrogen) atoms. The Morgan fingerprint density at radius 3 is 2.75 bits per heavy atom. The summed E-state index contributed by atoms with van der Waals surface area (Å²) < 4.78 is 5.13. The molecule has 0 spiro atoms. The summed E-state index contributed by atoms with van der Waals surface area (Å²) in [4.78, 5) is 13.5. The van der Waals surface area contributed by atoms with Crippen molar-refractivity contribution in [3.8, 4) is 5.75 Å². The van der Waals surface area contributed by atoms with E-state index in [1.54, 1.807) is 12.0 Å². The molecular weight excluding hydrogens is 204 g/mol. The van der Waals surface area contributed by atoms with E-state index in [-0.39, 0.29) is 11.9 Å². The van der Waals surface area contributed by atoms with Crippen LogP contribution in [0.25, 0.3) is 0 Å². The zero-order valence-electron chi connectivity index (χ0n) is 9.56. The number of methoxy groups -OCH3 is 1. The quantitative estimate of drug-likeness (QED) is 0.811. The van der Waals surface area contributed by atoms with E-state index >= 15 is 0 Å². The Labute approximate surface area is 95.0 Å². The van der Waals surface area contributed by atoms with E-state index in [9.17, 15) is 4.79 Å². The monoisotopic (exact) mass is 220 g/mol. The maximum atomic E-state index is 11.7. The fourth-order valence-corrected chi connectivity index (χ4v) is 2.03. The molecule has 1 aliphatic heterocycles. The Balaban J connectivity index is 2.30. The molecule has 1 unspecified atom stereocenters. The highest BCUT2D eigenvalue weighted by atomic mass is 16.5. The zero-order valence-corrected chi connectivity index (χ0v) is 9.56. The Morgan fingerprint density at radius 2 is 2.25 bits per heavy atom. The SMILES string of the molecule is COc1ccc(N2CC(N)CC2=O)c(C)c1. The number of rotatable bonds is 2. The van der Waals surface area contributed by atoms with Gasteiger partial charge in [-0.2, -0.15) is 0 Å². The van der Waals surface area contributed by atoms with Crippen LogP contribution >= 0.6 is 0 Å². The minimum absolute atomic E-state index is 0.0472. The Kier molecular flexibility index (Phi) is 2.83. The van der Waals surface area contributed by atoms with E-state index in [0.29, 0.717) is 13.0 Å². The lowest BCUT2D eigenvalue weighted by Gasteiger charge is -2.19. The lowest BCUT2D eigenvalue weighted by Crippen LogP contribution is -2.28. The third-order valence-corrected chi connectivity index (χ3v) is 2.85. The van der Waals surface area contributed by atoms with Crippen LogP contribution in [0.4, 0.5) is 5.69 Å². The van der Waals surface area contributed by atoms with E-state index in [1.165, 1.54) is 0 Å². The molecule has 1 saturated heterocycles. The first-order valence-electron chi connectivity index (χ1n) is 5.32. The number of carbonyl (C=O) groups excluding carboxylic acids is 1. The second-order valence-electron chi connectivity index (χ2n) is 4.12. The predicted molar refractivity (Wildman–Crippen MR) is 62.7 cm³/mol. The normalized spacial score (nSPS) is 20.3. The topological polar surface area (TPSA) is 55.6 Å². The Hall–Kier alpha value is -1.55. The fourth-order valence-electron chi connectivity index (χ4n) is 2.03. The van der Waals surface area contributed by atoms with Crippen LogP contribution in [0.1, 0.15) is 12.0 Å². The van der Waals surface area contributed by atoms with E-state index in [0.717, 1.165) is 17.0 Å². The number of hydrogen-bond acceptors (Lipinski definition) is 3. The highest BCUT2D eigenvalue weighted by molar-refractivity contribution is 5.96. The largest absolute Gasteiger partial charge is 0.497 e. The van der Waals surface area contributed by atoms with Gasteiger partial charge in [0.2, 0.25) is 5.91 Å². The molecule has 1 aromatic rings. The Morgan fingerprint density at radius 1 is 1.50 bits per heavy atom. The molecule has 1 aliphatic rings. The number of aryl methyl sites for hydroxylation is 1. The Bertz CT molecular complexity index is 417. The van der Waals surface area contributed by atoms with E-state index in [1.807, 2.05) is 25.1 Å². The summed E-state index contributed by atoms with van der Waals surface area (Å²) in [5, 5.41) is 0. The van der Waals surface area contributed by atoms with Gasteiger partial charge in [-0.05, 0) is 30.7 Å². The maximum absolute atomic E-state index is 11.7.